The van der Waals surface area contributed by atoms with Crippen molar-refractivity contribution in [2.75, 3.05) is 0 Å². The molecule has 19 heavy (non-hydrogen) atoms. The lowest BCUT2D eigenvalue weighted by molar-refractivity contribution is 0.0696. The van der Waals surface area contributed by atoms with Crippen LogP contribution >= 0.6 is 0 Å². The van der Waals surface area contributed by atoms with E-state index in [4.69, 9.17) is 10.8 Å². The maximum Gasteiger partial charge on any atom is 0.335 e. The van der Waals surface area contributed by atoms with Crippen molar-refractivity contribution in [2.45, 2.75) is 0 Å². The van der Waals surface area contributed by atoms with Gasteiger partial charge in [0, 0.05) is 5.56 Å². The van der Waals surface area contributed by atoms with Gasteiger partial charge in [-0.15, -0.1) is 0 Å². The standard InChI is InChI=1S/C14H11NO4/c15-13(17)11-3-1-2-10(12(11)16)8-4-6-9(7-5-8)14(18)19/h1-7,16H,(H2,15,17)(H,18,19). The fraction of sp³-hybridized carbons (Fsp3) is 0. The van der Waals surface area contributed by atoms with Crippen molar-refractivity contribution in [3.63, 3.8) is 0 Å². The number of carboxylic acids is 1. The van der Waals surface area contributed by atoms with Crippen LogP contribution in [0.4, 0.5) is 0 Å². The molecule has 0 bridgehead atoms. The third kappa shape index (κ3) is 2.40. The first-order chi connectivity index (χ1) is 9.00. The summed E-state index contributed by atoms with van der Waals surface area (Å²) in [4.78, 5) is 21.9. The van der Waals surface area contributed by atoms with Gasteiger partial charge in [0.25, 0.3) is 5.91 Å². The van der Waals surface area contributed by atoms with Crippen molar-refractivity contribution in [1.82, 2.24) is 0 Å². The fourth-order valence-electron chi connectivity index (χ4n) is 1.77. The van der Waals surface area contributed by atoms with Crippen LogP contribution in [0.25, 0.3) is 11.1 Å². The highest BCUT2D eigenvalue weighted by molar-refractivity contribution is 5.98. The number of amides is 1. The number of aromatic hydroxyl groups is 1. The molecular formula is C14H11NO4. The number of benzene rings is 2. The van der Waals surface area contributed by atoms with E-state index in [-0.39, 0.29) is 16.9 Å². The number of rotatable bonds is 3. The second-order valence-electron chi connectivity index (χ2n) is 3.95. The molecule has 0 radical (unpaired) electrons. The molecule has 0 aliphatic heterocycles. The molecule has 0 aromatic heterocycles. The van der Waals surface area contributed by atoms with E-state index in [9.17, 15) is 14.7 Å². The minimum atomic E-state index is -1.03. The van der Waals surface area contributed by atoms with Crippen LogP contribution in [0, 0.1) is 0 Å². The molecule has 0 spiro atoms. The van der Waals surface area contributed by atoms with E-state index in [0.29, 0.717) is 11.1 Å². The van der Waals surface area contributed by atoms with Gasteiger partial charge in [0.05, 0.1) is 11.1 Å². The third-order valence-corrected chi connectivity index (χ3v) is 2.74. The largest absolute Gasteiger partial charge is 0.506 e. The van der Waals surface area contributed by atoms with Gasteiger partial charge in [-0.05, 0) is 23.8 Å². The predicted molar refractivity (Wildman–Crippen MR) is 69.0 cm³/mol. The molecule has 0 aliphatic rings. The lowest BCUT2D eigenvalue weighted by atomic mass is 10.00. The van der Waals surface area contributed by atoms with Crippen LogP contribution in [-0.4, -0.2) is 22.1 Å². The van der Waals surface area contributed by atoms with Gasteiger partial charge in [-0.3, -0.25) is 4.79 Å². The van der Waals surface area contributed by atoms with Crippen LogP contribution in [0.3, 0.4) is 0 Å². The summed E-state index contributed by atoms with van der Waals surface area (Å²) in [6.45, 7) is 0. The first-order valence-corrected chi connectivity index (χ1v) is 5.46. The number of carbonyl (C=O) groups excluding carboxylic acids is 1. The number of primary amides is 1. The second-order valence-corrected chi connectivity index (χ2v) is 3.95. The van der Waals surface area contributed by atoms with E-state index >= 15 is 0 Å². The Kier molecular flexibility index (Phi) is 3.20. The van der Waals surface area contributed by atoms with E-state index in [1.54, 1.807) is 24.3 Å². The first-order valence-electron chi connectivity index (χ1n) is 5.46. The van der Waals surface area contributed by atoms with Crippen LogP contribution in [-0.2, 0) is 0 Å². The van der Waals surface area contributed by atoms with Gasteiger partial charge in [0.1, 0.15) is 5.75 Å². The summed E-state index contributed by atoms with van der Waals surface area (Å²) >= 11 is 0. The molecule has 96 valence electrons. The molecule has 2 aromatic carbocycles. The van der Waals surface area contributed by atoms with Crippen molar-refractivity contribution >= 4 is 11.9 Å². The third-order valence-electron chi connectivity index (χ3n) is 2.74. The van der Waals surface area contributed by atoms with Crippen LogP contribution in [0.1, 0.15) is 20.7 Å². The molecule has 0 saturated heterocycles. The van der Waals surface area contributed by atoms with E-state index in [1.807, 2.05) is 0 Å². The molecule has 0 heterocycles. The average Bonchev–Trinajstić information content (AvgIpc) is 2.38. The Labute approximate surface area is 108 Å². The Morgan fingerprint density at radius 3 is 2.16 bits per heavy atom. The number of hydrogen-bond donors (Lipinski definition) is 3. The SMILES string of the molecule is NC(=O)c1cccc(-c2ccc(C(=O)O)cc2)c1O. The summed E-state index contributed by atoms with van der Waals surface area (Å²) in [5.41, 5.74) is 6.35. The van der Waals surface area contributed by atoms with E-state index in [0.717, 1.165) is 0 Å². The van der Waals surface area contributed by atoms with Gasteiger partial charge < -0.3 is 15.9 Å². The molecule has 0 aliphatic carbocycles. The molecule has 1 amide bonds. The van der Waals surface area contributed by atoms with Crippen LogP contribution in [0.15, 0.2) is 42.5 Å². The minimum absolute atomic E-state index is 0.0276. The normalized spacial score (nSPS) is 10.1. The average molecular weight is 257 g/mol. The monoisotopic (exact) mass is 257 g/mol. The lowest BCUT2D eigenvalue weighted by Gasteiger charge is -2.08. The molecule has 0 unspecified atom stereocenters. The summed E-state index contributed by atoms with van der Waals surface area (Å²) in [5.74, 6) is -1.96. The number of nitrogens with two attached hydrogens (primary N) is 1. The van der Waals surface area contributed by atoms with E-state index in [2.05, 4.69) is 0 Å². The quantitative estimate of drug-likeness (QED) is 0.781. The molecule has 0 fully saturated rings. The van der Waals surface area contributed by atoms with Gasteiger partial charge in [-0.1, -0.05) is 24.3 Å². The number of aromatic carboxylic acids is 1. The summed E-state index contributed by atoms with van der Waals surface area (Å²) in [6, 6.07) is 10.6. The Balaban J connectivity index is 2.50. The Morgan fingerprint density at radius 2 is 1.63 bits per heavy atom. The van der Waals surface area contributed by atoms with Crippen molar-refractivity contribution in [3.05, 3.63) is 53.6 Å². The summed E-state index contributed by atoms with van der Waals surface area (Å²) in [6.07, 6.45) is 0. The molecule has 2 aromatic rings. The molecule has 0 saturated carbocycles. The van der Waals surface area contributed by atoms with Gasteiger partial charge in [0.2, 0.25) is 0 Å². The molecule has 5 heteroatoms. The lowest BCUT2D eigenvalue weighted by Crippen LogP contribution is -2.11. The molecule has 4 N–H and O–H groups in total. The van der Waals surface area contributed by atoms with Crippen LogP contribution in [0.2, 0.25) is 0 Å². The van der Waals surface area contributed by atoms with Gasteiger partial charge in [-0.2, -0.15) is 0 Å². The maximum atomic E-state index is 11.1. The second kappa shape index (κ2) is 4.81. The number of carboxylic acid groups (broad SMARTS) is 1. The number of phenols is 1. The number of carbonyl (C=O) groups is 2. The van der Waals surface area contributed by atoms with Crippen molar-refractivity contribution < 1.29 is 19.8 Å². The topological polar surface area (TPSA) is 101 Å². The van der Waals surface area contributed by atoms with Crippen LogP contribution < -0.4 is 5.73 Å². The summed E-state index contributed by atoms with van der Waals surface area (Å²) in [5, 5.41) is 18.8. The first kappa shape index (κ1) is 12.6. The fourth-order valence-corrected chi connectivity index (χ4v) is 1.77. The molecule has 2 rings (SSSR count). The highest BCUT2D eigenvalue weighted by Gasteiger charge is 2.13. The zero-order valence-corrected chi connectivity index (χ0v) is 9.83. The van der Waals surface area contributed by atoms with Gasteiger partial charge >= 0.3 is 5.97 Å². The van der Waals surface area contributed by atoms with Crippen molar-refractivity contribution in [3.8, 4) is 16.9 Å². The highest BCUT2D eigenvalue weighted by Crippen LogP contribution is 2.31. The molecular weight excluding hydrogens is 246 g/mol. The Hall–Kier alpha value is -2.82. The molecule has 0 atom stereocenters. The Bertz CT molecular complexity index is 647. The smallest absolute Gasteiger partial charge is 0.335 e. The maximum absolute atomic E-state index is 11.1. The zero-order chi connectivity index (χ0) is 14.0. The highest BCUT2D eigenvalue weighted by atomic mass is 16.4. The van der Waals surface area contributed by atoms with E-state index < -0.39 is 11.9 Å². The summed E-state index contributed by atoms with van der Waals surface area (Å²) in [7, 11) is 0. The Morgan fingerprint density at radius 1 is 1.00 bits per heavy atom. The minimum Gasteiger partial charge on any atom is -0.506 e. The van der Waals surface area contributed by atoms with Crippen molar-refractivity contribution in [1.29, 1.82) is 0 Å². The number of para-hydroxylation sites is 1. The molecule has 5 nitrogen and oxygen atoms in total. The number of hydrogen-bond acceptors (Lipinski definition) is 3. The van der Waals surface area contributed by atoms with Gasteiger partial charge in [0.15, 0.2) is 0 Å². The zero-order valence-electron chi connectivity index (χ0n) is 9.83. The van der Waals surface area contributed by atoms with Gasteiger partial charge in [-0.25, -0.2) is 4.79 Å². The summed E-state index contributed by atoms with van der Waals surface area (Å²) < 4.78 is 0. The van der Waals surface area contributed by atoms with Crippen LogP contribution in [0.5, 0.6) is 5.75 Å². The van der Waals surface area contributed by atoms with E-state index in [1.165, 1.54) is 18.2 Å². The van der Waals surface area contributed by atoms with Crippen molar-refractivity contribution in [2.24, 2.45) is 5.73 Å². The predicted octanol–water partition coefficient (Wildman–Crippen LogP) is 1.86.